The number of carbonyl (C=O) groups is 2. The second-order valence-corrected chi connectivity index (χ2v) is 12.7. The topological polar surface area (TPSA) is 89.8 Å². The first-order valence-electron chi connectivity index (χ1n) is 12.6. The molecule has 2 unspecified atom stereocenters. The highest BCUT2D eigenvalue weighted by molar-refractivity contribution is 7.09. The summed E-state index contributed by atoms with van der Waals surface area (Å²) in [5, 5.41) is 6.95. The zero-order valence-electron chi connectivity index (χ0n) is 23.4. The summed E-state index contributed by atoms with van der Waals surface area (Å²) in [5.41, 5.74) is -0.887. The van der Waals surface area contributed by atoms with E-state index in [1.54, 1.807) is 53.5 Å². The summed E-state index contributed by atoms with van der Waals surface area (Å²) in [7, 11) is 3.49. The zero-order chi connectivity index (χ0) is 27.9. The van der Waals surface area contributed by atoms with Crippen molar-refractivity contribution in [1.82, 2.24) is 24.6 Å². The zero-order valence-corrected chi connectivity index (χ0v) is 24.2. The van der Waals surface area contributed by atoms with E-state index in [0.29, 0.717) is 16.3 Å². The van der Waals surface area contributed by atoms with Crippen LogP contribution in [0.1, 0.15) is 68.6 Å². The van der Waals surface area contributed by atoms with Crippen LogP contribution in [0.15, 0.2) is 48.2 Å². The molecule has 38 heavy (non-hydrogen) atoms. The number of hydrogen-bond acceptors (Lipinski definition) is 8. The molecule has 3 heterocycles. The SMILES string of the molecule is COc1cc(C(=O)N2C(c3nccs3)N(C)CC2(Cn2cccn2)C(=O)OC(C)(C)C)ccc1C(C)(C)C. The molecule has 0 spiro atoms. The van der Waals surface area contributed by atoms with E-state index < -0.39 is 23.3 Å². The third kappa shape index (κ3) is 5.33. The number of aromatic nitrogens is 3. The molecule has 3 aromatic rings. The molecule has 9 nitrogen and oxygen atoms in total. The van der Waals surface area contributed by atoms with Crippen LogP contribution in [0.4, 0.5) is 0 Å². The number of amides is 1. The van der Waals surface area contributed by atoms with Crippen molar-refractivity contribution >= 4 is 23.2 Å². The van der Waals surface area contributed by atoms with Crippen LogP contribution >= 0.6 is 11.3 Å². The summed E-state index contributed by atoms with van der Waals surface area (Å²) in [4.78, 5) is 36.8. The smallest absolute Gasteiger partial charge is 0.335 e. The van der Waals surface area contributed by atoms with Crippen LogP contribution in [0.5, 0.6) is 5.75 Å². The van der Waals surface area contributed by atoms with E-state index in [1.165, 1.54) is 11.3 Å². The van der Waals surface area contributed by atoms with Crippen molar-refractivity contribution in [2.75, 3.05) is 20.7 Å². The van der Waals surface area contributed by atoms with E-state index in [4.69, 9.17) is 9.47 Å². The second kappa shape index (κ2) is 10.1. The van der Waals surface area contributed by atoms with Crippen LogP contribution in [0.25, 0.3) is 0 Å². The molecule has 0 radical (unpaired) electrons. The van der Waals surface area contributed by atoms with Crippen LogP contribution < -0.4 is 4.74 Å². The maximum atomic E-state index is 14.5. The van der Waals surface area contributed by atoms with E-state index in [0.717, 1.165) is 5.56 Å². The fourth-order valence-electron chi connectivity index (χ4n) is 4.94. The van der Waals surface area contributed by atoms with Gasteiger partial charge in [0.15, 0.2) is 5.54 Å². The molecule has 0 bridgehead atoms. The lowest BCUT2D eigenvalue weighted by molar-refractivity contribution is -0.168. The molecule has 1 aliphatic rings. The van der Waals surface area contributed by atoms with E-state index in [2.05, 4.69) is 30.9 Å². The number of esters is 1. The minimum absolute atomic E-state index is 0.129. The third-order valence-electron chi connectivity index (χ3n) is 6.54. The molecule has 10 heteroatoms. The Balaban J connectivity index is 1.90. The number of likely N-dealkylation sites (N-methyl/N-ethyl adjacent to an activating group) is 1. The molecule has 1 amide bonds. The molecular weight excluding hydrogens is 502 g/mol. The number of rotatable bonds is 6. The minimum atomic E-state index is -1.36. The van der Waals surface area contributed by atoms with Gasteiger partial charge in [0, 0.05) is 36.1 Å². The molecule has 0 aliphatic carbocycles. The first-order chi connectivity index (χ1) is 17.8. The number of carbonyl (C=O) groups excluding carboxylic acids is 2. The number of thiazole rings is 1. The van der Waals surface area contributed by atoms with Gasteiger partial charge in [-0.05, 0) is 57.0 Å². The normalized spacial score (nSPS) is 20.5. The Kier molecular flexibility index (Phi) is 7.42. The lowest BCUT2D eigenvalue weighted by atomic mass is 9.85. The van der Waals surface area contributed by atoms with Gasteiger partial charge in [0.2, 0.25) is 0 Å². The van der Waals surface area contributed by atoms with Gasteiger partial charge in [-0.3, -0.25) is 19.3 Å². The molecule has 0 N–H and O–H groups in total. The maximum absolute atomic E-state index is 14.5. The van der Waals surface area contributed by atoms with E-state index in [1.807, 2.05) is 44.2 Å². The average Bonchev–Trinajstić information content (AvgIpc) is 3.58. The Morgan fingerprint density at radius 1 is 1.16 bits per heavy atom. The van der Waals surface area contributed by atoms with Crippen LogP contribution in [0.2, 0.25) is 0 Å². The molecule has 1 fully saturated rings. The highest BCUT2D eigenvalue weighted by Gasteiger charge is 2.59. The van der Waals surface area contributed by atoms with Crippen molar-refractivity contribution in [2.45, 2.75) is 70.8 Å². The van der Waals surface area contributed by atoms with E-state index in [-0.39, 0.29) is 24.4 Å². The van der Waals surface area contributed by atoms with Crippen LogP contribution in [-0.2, 0) is 21.5 Å². The number of ether oxygens (including phenoxy) is 2. The summed E-state index contributed by atoms with van der Waals surface area (Å²) in [5.74, 6) is -0.180. The number of nitrogens with zero attached hydrogens (tertiary/aromatic N) is 5. The second-order valence-electron chi connectivity index (χ2n) is 11.7. The molecule has 1 saturated heterocycles. The van der Waals surface area contributed by atoms with Gasteiger partial charge in [0.1, 0.15) is 22.5 Å². The number of hydrogen-bond donors (Lipinski definition) is 0. The Hall–Kier alpha value is -3.24. The van der Waals surface area contributed by atoms with Crippen molar-refractivity contribution in [3.63, 3.8) is 0 Å². The predicted octanol–water partition coefficient (Wildman–Crippen LogP) is 4.51. The Morgan fingerprint density at radius 3 is 2.45 bits per heavy atom. The summed E-state index contributed by atoms with van der Waals surface area (Å²) < 4.78 is 13.3. The third-order valence-corrected chi connectivity index (χ3v) is 7.36. The van der Waals surface area contributed by atoms with Crippen LogP contribution in [0.3, 0.4) is 0 Å². The highest BCUT2D eigenvalue weighted by Crippen LogP contribution is 2.43. The van der Waals surface area contributed by atoms with Crippen LogP contribution in [-0.4, -0.2) is 68.3 Å². The fraction of sp³-hybridized carbons (Fsp3) is 0.500. The fourth-order valence-corrected chi connectivity index (χ4v) is 5.73. The van der Waals surface area contributed by atoms with Crippen LogP contribution in [0, 0.1) is 0 Å². The van der Waals surface area contributed by atoms with Gasteiger partial charge in [-0.15, -0.1) is 11.3 Å². The van der Waals surface area contributed by atoms with Crippen molar-refractivity contribution in [3.05, 3.63) is 64.4 Å². The van der Waals surface area contributed by atoms with Crippen molar-refractivity contribution in [2.24, 2.45) is 0 Å². The monoisotopic (exact) mass is 539 g/mol. The maximum Gasteiger partial charge on any atom is 0.335 e. The van der Waals surface area contributed by atoms with Crippen molar-refractivity contribution < 1.29 is 19.1 Å². The quantitative estimate of drug-likeness (QED) is 0.426. The number of methoxy groups -OCH3 is 1. The van der Waals surface area contributed by atoms with Gasteiger partial charge in [-0.2, -0.15) is 5.10 Å². The first kappa shape index (κ1) is 27.8. The molecule has 1 aliphatic heterocycles. The molecule has 2 aromatic heterocycles. The number of benzene rings is 1. The Labute approximate surface area is 228 Å². The molecule has 0 saturated carbocycles. The largest absolute Gasteiger partial charge is 0.496 e. The van der Waals surface area contributed by atoms with Gasteiger partial charge >= 0.3 is 5.97 Å². The summed E-state index contributed by atoms with van der Waals surface area (Å²) in [6.07, 6.45) is 4.58. The average molecular weight is 540 g/mol. The van der Waals surface area contributed by atoms with Gasteiger partial charge in [-0.25, -0.2) is 9.78 Å². The van der Waals surface area contributed by atoms with Gasteiger partial charge in [0.05, 0.1) is 13.7 Å². The summed E-state index contributed by atoms with van der Waals surface area (Å²) >= 11 is 1.44. The van der Waals surface area contributed by atoms with Gasteiger partial charge in [0.25, 0.3) is 5.91 Å². The summed E-state index contributed by atoms with van der Waals surface area (Å²) in [6, 6.07) is 7.28. The Bertz CT molecular complexity index is 1280. The van der Waals surface area contributed by atoms with E-state index >= 15 is 0 Å². The highest BCUT2D eigenvalue weighted by atomic mass is 32.1. The molecule has 1 aromatic carbocycles. The lowest BCUT2D eigenvalue weighted by Gasteiger charge is -2.39. The standard InChI is InChI=1S/C28H37N5O4S/c1-26(2,3)20-11-10-19(16-21(20)36-8)24(34)33-23(22-29-13-15-38-22)31(7)17-28(33,18-32-14-9-12-30-32)25(35)37-27(4,5)6/h9-16,23H,17-18H2,1-8H3. The molecule has 4 rings (SSSR count). The molecule has 2 atom stereocenters. The summed E-state index contributed by atoms with van der Waals surface area (Å²) in [6.45, 7) is 12.1. The van der Waals surface area contributed by atoms with Crippen molar-refractivity contribution in [3.8, 4) is 5.75 Å². The van der Waals surface area contributed by atoms with Gasteiger partial charge < -0.3 is 9.47 Å². The predicted molar refractivity (Wildman–Crippen MR) is 146 cm³/mol. The minimum Gasteiger partial charge on any atom is -0.496 e. The van der Waals surface area contributed by atoms with Crippen molar-refractivity contribution in [1.29, 1.82) is 0 Å². The molecular formula is C28H37N5O4S. The first-order valence-corrected chi connectivity index (χ1v) is 13.5. The van der Waals surface area contributed by atoms with Gasteiger partial charge in [-0.1, -0.05) is 26.8 Å². The van der Waals surface area contributed by atoms with E-state index in [9.17, 15) is 9.59 Å². The Morgan fingerprint density at radius 2 is 1.89 bits per heavy atom. The molecule has 204 valence electrons. The lowest BCUT2D eigenvalue weighted by Crippen LogP contribution is -2.59.